The molecule has 0 aliphatic rings. The summed E-state index contributed by atoms with van der Waals surface area (Å²) in [6.45, 7) is 0. The molecule has 3 aromatic heterocycles. The maximum absolute atomic E-state index is 4.62. The molecular weight excluding hydrogens is 270 g/mol. The summed E-state index contributed by atoms with van der Waals surface area (Å²) in [6, 6.07) is 12.7. The molecule has 0 spiro atoms. The Morgan fingerprint density at radius 1 is 0.773 bits per heavy atom. The van der Waals surface area contributed by atoms with Crippen LogP contribution in [-0.2, 0) is 7.05 Å². The molecule has 0 amide bonds. The fourth-order valence-electron chi connectivity index (χ4n) is 3.39. The van der Waals surface area contributed by atoms with Gasteiger partial charge in [-0.3, -0.25) is 9.97 Å². The summed E-state index contributed by atoms with van der Waals surface area (Å²) < 4.78 is 2.10. The lowest BCUT2D eigenvalue weighted by atomic mass is 9.98. The standard InChI is InChI=1S/C19H13N3/c1-22-10-16-15-9-18-12(4-2-6-20-18)8-14(15)13-5-3-7-21-19(13)17(16)11-22/h2-11H,1H3. The maximum Gasteiger partial charge on any atom is 0.0802 e. The summed E-state index contributed by atoms with van der Waals surface area (Å²) in [5.41, 5.74) is 2.09. The summed E-state index contributed by atoms with van der Waals surface area (Å²) in [6.07, 6.45) is 8.02. The first-order valence-electron chi connectivity index (χ1n) is 7.32. The molecule has 5 aromatic rings. The molecule has 0 N–H and O–H groups in total. The normalized spacial score (nSPS) is 11.9. The van der Waals surface area contributed by atoms with Crippen LogP contribution in [0.5, 0.6) is 0 Å². The van der Waals surface area contributed by atoms with Gasteiger partial charge >= 0.3 is 0 Å². The fourth-order valence-corrected chi connectivity index (χ4v) is 3.39. The molecular formula is C19H13N3. The summed E-state index contributed by atoms with van der Waals surface area (Å²) >= 11 is 0. The second-order valence-electron chi connectivity index (χ2n) is 5.74. The van der Waals surface area contributed by atoms with E-state index >= 15 is 0 Å². The Labute approximate surface area is 126 Å². The quantitative estimate of drug-likeness (QED) is 0.311. The van der Waals surface area contributed by atoms with Crippen LogP contribution in [0.3, 0.4) is 0 Å². The molecule has 0 aliphatic heterocycles. The number of rotatable bonds is 0. The van der Waals surface area contributed by atoms with E-state index in [-0.39, 0.29) is 0 Å². The highest BCUT2D eigenvalue weighted by Crippen LogP contribution is 2.36. The van der Waals surface area contributed by atoms with Crippen LogP contribution in [0.4, 0.5) is 0 Å². The zero-order valence-corrected chi connectivity index (χ0v) is 12.1. The second kappa shape index (κ2) is 4.04. The molecule has 0 aliphatic carbocycles. The smallest absolute Gasteiger partial charge is 0.0802 e. The minimum Gasteiger partial charge on any atom is -0.356 e. The molecule has 0 bridgehead atoms. The number of nitrogens with zero attached hydrogens (tertiary/aromatic N) is 3. The van der Waals surface area contributed by atoms with Crippen molar-refractivity contribution in [2.75, 3.05) is 0 Å². The zero-order valence-electron chi connectivity index (χ0n) is 12.1. The van der Waals surface area contributed by atoms with Gasteiger partial charge in [0.2, 0.25) is 0 Å². The van der Waals surface area contributed by atoms with Crippen molar-refractivity contribution in [1.82, 2.24) is 14.5 Å². The van der Waals surface area contributed by atoms with Crippen molar-refractivity contribution < 1.29 is 0 Å². The molecule has 0 saturated carbocycles. The summed E-state index contributed by atoms with van der Waals surface area (Å²) in [5, 5.41) is 7.26. The van der Waals surface area contributed by atoms with E-state index < -0.39 is 0 Å². The predicted octanol–water partition coefficient (Wildman–Crippen LogP) is 4.43. The van der Waals surface area contributed by atoms with Crippen LogP contribution in [0.15, 0.2) is 61.2 Å². The third-order valence-corrected chi connectivity index (χ3v) is 4.34. The highest BCUT2D eigenvalue weighted by molar-refractivity contribution is 6.26. The summed E-state index contributed by atoms with van der Waals surface area (Å²) in [5.74, 6) is 0. The van der Waals surface area contributed by atoms with Crippen LogP contribution in [0.1, 0.15) is 0 Å². The van der Waals surface area contributed by atoms with Gasteiger partial charge in [-0.2, -0.15) is 0 Å². The van der Waals surface area contributed by atoms with E-state index in [1.54, 1.807) is 0 Å². The average molecular weight is 283 g/mol. The van der Waals surface area contributed by atoms with E-state index in [1.165, 1.54) is 26.9 Å². The van der Waals surface area contributed by atoms with E-state index in [0.29, 0.717) is 0 Å². The minimum atomic E-state index is 1.03. The number of aryl methyl sites for hydroxylation is 1. The average Bonchev–Trinajstić information content (AvgIpc) is 2.95. The molecule has 0 atom stereocenters. The molecule has 0 saturated heterocycles. The van der Waals surface area contributed by atoms with Gasteiger partial charge in [-0.15, -0.1) is 0 Å². The summed E-state index contributed by atoms with van der Waals surface area (Å²) in [4.78, 5) is 9.13. The molecule has 22 heavy (non-hydrogen) atoms. The van der Waals surface area contributed by atoms with Gasteiger partial charge in [-0.25, -0.2) is 0 Å². The SMILES string of the molecule is Cn1cc2c3cc4ncccc4cc3c3cccnc3c2c1. The third-order valence-electron chi connectivity index (χ3n) is 4.34. The van der Waals surface area contributed by atoms with Crippen LogP contribution in [0.2, 0.25) is 0 Å². The Morgan fingerprint density at radius 2 is 1.55 bits per heavy atom. The van der Waals surface area contributed by atoms with Crippen molar-refractivity contribution >= 4 is 43.4 Å². The Hall–Kier alpha value is -2.94. The molecule has 0 radical (unpaired) electrons. The maximum atomic E-state index is 4.62. The second-order valence-corrected chi connectivity index (χ2v) is 5.74. The van der Waals surface area contributed by atoms with Gasteiger partial charge < -0.3 is 4.57 Å². The van der Waals surface area contributed by atoms with Gasteiger partial charge in [-0.05, 0) is 35.0 Å². The first-order chi connectivity index (χ1) is 10.8. The third kappa shape index (κ3) is 1.45. The molecule has 3 nitrogen and oxygen atoms in total. The molecule has 5 rings (SSSR count). The van der Waals surface area contributed by atoms with E-state index in [9.17, 15) is 0 Å². The summed E-state index contributed by atoms with van der Waals surface area (Å²) in [7, 11) is 2.06. The van der Waals surface area contributed by atoms with Gasteiger partial charge in [0.15, 0.2) is 0 Å². The Balaban J connectivity index is 2.17. The lowest BCUT2D eigenvalue weighted by Crippen LogP contribution is -1.85. The molecule has 3 heteroatoms. The first kappa shape index (κ1) is 11.7. The molecule has 0 fully saturated rings. The lowest BCUT2D eigenvalue weighted by Gasteiger charge is -2.07. The Kier molecular flexibility index (Phi) is 2.15. The van der Waals surface area contributed by atoms with Crippen LogP contribution in [-0.4, -0.2) is 14.5 Å². The largest absolute Gasteiger partial charge is 0.356 e. The van der Waals surface area contributed by atoms with Crippen molar-refractivity contribution in [2.24, 2.45) is 7.05 Å². The van der Waals surface area contributed by atoms with Crippen LogP contribution >= 0.6 is 0 Å². The lowest BCUT2D eigenvalue weighted by molar-refractivity contribution is 0.934. The number of hydrogen-bond donors (Lipinski definition) is 0. The van der Waals surface area contributed by atoms with Gasteiger partial charge in [0.05, 0.1) is 11.0 Å². The minimum absolute atomic E-state index is 1.03. The van der Waals surface area contributed by atoms with E-state index in [1.807, 2.05) is 24.5 Å². The van der Waals surface area contributed by atoms with E-state index in [2.05, 4.69) is 58.2 Å². The Bertz CT molecular complexity index is 1190. The van der Waals surface area contributed by atoms with Crippen LogP contribution < -0.4 is 0 Å². The van der Waals surface area contributed by atoms with Gasteiger partial charge in [0, 0.05) is 53.4 Å². The molecule has 104 valence electrons. The highest BCUT2D eigenvalue weighted by atomic mass is 14.9. The number of hydrogen-bond acceptors (Lipinski definition) is 2. The topological polar surface area (TPSA) is 30.7 Å². The first-order valence-corrected chi connectivity index (χ1v) is 7.32. The van der Waals surface area contributed by atoms with Crippen LogP contribution in [0, 0.1) is 0 Å². The molecule has 2 aromatic carbocycles. The monoisotopic (exact) mass is 283 g/mol. The number of benzene rings is 2. The molecule has 3 heterocycles. The van der Waals surface area contributed by atoms with Crippen molar-refractivity contribution in [3.63, 3.8) is 0 Å². The van der Waals surface area contributed by atoms with Crippen molar-refractivity contribution in [3.05, 3.63) is 61.2 Å². The van der Waals surface area contributed by atoms with Crippen molar-refractivity contribution in [3.8, 4) is 0 Å². The molecule has 0 unspecified atom stereocenters. The fraction of sp³-hybridized carbons (Fsp3) is 0.0526. The van der Waals surface area contributed by atoms with E-state index in [4.69, 9.17) is 0 Å². The number of pyridine rings is 2. The number of fused-ring (bicyclic) bond motifs is 7. The predicted molar refractivity (Wildman–Crippen MR) is 91.0 cm³/mol. The van der Waals surface area contributed by atoms with Gasteiger partial charge in [0.25, 0.3) is 0 Å². The van der Waals surface area contributed by atoms with Gasteiger partial charge in [-0.1, -0.05) is 12.1 Å². The van der Waals surface area contributed by atoms with E-state index in [0.717, 1.165) is 16.4 Å². The zero-order chi connectivity index (χ0) is 14.7. The van der Waals surface area contributed by atoms with Crippen LogP contribution in [0.25, 0.3) is 43.4 Å². The Morgan fingerprint density at radius 3 is 2.50 bits per heavy atom. The van der Waals surface area contributed by atoms with Crippen molar-refractivity contribution in [1.29, 1.82) is 0 Å². The highest BCUT2D eigenvalue weighted by Gasteiger charge is 2.11. The van der Waals surface area contributed by atoms with Gasteiger partial charge in [0.1, 0.15) is 0 Å². The van der Waals surface area contributed by atoms with Crippen molar-refractivity contribution in [2.45, 2.75) is 0 Å². The number of aromatic nitrogens is 3.